The van der Waals surface area contributed by atoms with Gasteiger partial charge in [-0.1, -0.05) is 0 Å². The lowest BCUT2D eigenvalue weighted by atomic mass is 10.1. The number of aryl methyl sites for hydroxylation is 1. The molecule has 2 aliphatic rings. The SMILES string of the molecule is Cn1cc(-n2nc(C(=O)N3CCOCC3)c3c2-c2ccsc2S(=O)(=O)C3)ccc1=O. The zero-order valence-corrected chi connectivity index (χ0v) is 17.7. The zero-order chi connectivity index (χ0) is 21.0. The Hall–Kier alpha value is -2.76. The van der Waals surface area contributed by atoms with Gasteiger partial charge in [-0.25, -0.2) is 13.1 Å². The molecule has 5 heterocycles. The van der Waals surface area contributed by atoms with Crippen LogP contribution in [0.2, 0.25) is 0 Å². The van der Waals surface area contributed by atoms with Crippen LogP contribution in [0.1, 0.15) is 16.1 Å². The fraction of sp³-hybridized carbons (Fsp3) is 0.316. The molecule has 2 aliphatic heterocycles. The molecule has 156 valence electrons. The maximum atomic E-state index is 13.2. The molecule has 0 atom stereocenters. The second-order valence-corrected chi connectivity index (χ2v) is 10.3. The van der Waals surface area contributed by atoms with Crippen molar-refractivity contribution < 1.29 is 17.9 Å². The van der Waals surface area contributed by atoms with Crippen molar-refractivity contribution in [2.24, 2.45) is 7.05 Å². The van der Waals surface area contributed by atoms with E-state index in [1.807, 2.05) is 0 Å². The fourth-order valence-corrected chi connectivity index (χ4v) is 6.64. The lowest BCUT2D eigenvalue weighted by Gasteiger charge is -2.26. The van der Waals surface area contributed by atoms with Crippen molar-refractivity contribution in [3.05, 3.63) is 51.4 Å². The van der Waals surface area contributed by atoms with Crippen molar-refractivity contribution in [3.63, 3.8) is 0 Å². The van der Waals surface area contributed by atoms with E-state index < -0.39 is 9.84 Å². The van der Waals surface area contributed by atoms with E-state index in [0.717, 1.165) is 11.3 Å². The smallest absolute Gasteiger partial charge is 0.274 e. The summed E-state index contributed by atoms with van der Waals surface area (Å²) in [7, 11) is -1.94. The Morgan fingerprint density at radius 3 is 2.70 bits per heavy atom. The van der Waals surface area contributed by atoms with Gasteiger partial charge >= 0.3 is 0 Å². The number of morpholine rings is 1. The van der Waals surface area contributed by atoms with E-state index in [9.17, 15) is 18.0 Å². The van der Waals surface area contributed by atoms with Crippen molar-refractivity contribution in [3.8, 4) is 16.9 Å². The van der Waals surface area contributed by atoms with E-state index >= 15 is 0 Å². The minimum Gasteiger partial charge on any atom is -0.378 e. The molecular formula is C19H18N4O5S2. The van der Waals surface area contributed by atoms with Gasteiger partial charge in [0.25, 0.3) is 5.91 Å². The third-order valence-corrected chi connectivity index (χ3v) is 8.51. The van der Waals surface area contributed by atoms with E-state index in [4.69, 9.17) is 4.74 Å². The summed E-state index contributed by atoms with van der Waals surface area (Å²) < 4.78 is 34.3. The molecule has 0 bridgehead atoms. The van der Waals surface area contributed by atoms with Gasteiger partial charge in [0.2, 0.25) is 5.56 Å². The molecule has 0 saturated carbocycles. The van der Waals surface area contributed by atoms with Gasteiger partial charge in [0, 0.05) is 43.5 Å². The van der Waals surface area contributed by atoms with Crippen LogP contribution in [-0.4, -0.2) is 59.9 Å². The van der Waals surface area contributed by atoms with Gasteiger partial charge in [0.1, 0.15) is 4.21 Å². The van der Waals surface area contributed by atoms with Crippen molar-refractivity contribution in [2.45, 2.75) is 9.96 Å². The molecule has 1 saturated heterocycles. The molecular weight excluding hydrogens is 428 g/mol. The summed E-state index contributed by atoms with van der Waals surface area (Å²) in [5.74, 6) is -0.598. The van der Waals surface area contributed by atoms with Gasteiger partial charge in [-0.3, -0.25) is 9.59 Å². The summed E-state index contributed by atoms with van der Waals surface area (Å²) in [5.41, 5.74) is 2.03. The number of rotatable bonds is 2. The van der Waals surface area contributed by atoms with Crippen LogP contribution in [0.4, 0.5) is 0 Å². The molecule has 0 radical (unpaired) electrons. The standard InChI is InChI=1S/C19H18N4O5S2/c1-21-10-12(2-3-15(21)24)23-17-13-4-9-29-19(13)30(26,27)11-14(17)16(20-23)18(25)22-5-7-28-8-6-22/h2-4,9-10H,5-8,11H2,1H3. The van der Waals surface area contributed by atoms with Gasteiger partial charge < -0.3 is 14.2 Å². The number of thiophene rings is 1. The maximum Gasteiger partial charge on any atom is 0.274 e. The van der Waals surface area contributed by atoms with E-state index in [2.05, 4.69) is 5.10 Å². The molecule has 1 amide bonds. The number of nitrogens with zero attached hydrogens (tertiary/aromatic N) is 4. The lowest BCUT2D eigenvalue weighted by molar-refractivity contribution is 0.0298. The highest BCUT2D eigenvalue weighted by Crippen LogP contribution is 2.43. The number of carbonyl (C=O) groups is 1. The Balaban J connectivity index is 1.75. The molecule has 1 fully saturated rings. The zero-order valence-electron chi connectivity index (χ0n) is 16.1. The highest BCUT2D eigenvalue weighted by Gasteiger charge is 2.38. The molecule has 0 N–H and O–H groups in total. The first-order valence-corrected chi connectivity index (χ1v) is 11.9. The predicted molar refractivity (Wildman–Crippen MR) is 110 cm³/mol. The number of amides is 1. The molecule has 3 aromatic heterocycles. The number of hydrogen-bond donors (Lipinski definition) is 0. The molecule has 9 nitrogen and oxygen atoms in total. The first-order valence-electron chi connectivity index (χ1n) is 9.33. The Morgan fingerprint density at radius 2 is 1.97 bits per heavy atom. The average molecular weight is 447 g/mol. The summed E-state index contributed by atoms with van der Waals surface area (Å²) in [5, 5.41) is 6.28. The van der Waals surface area contributed by atoms with Crippen molar-refractivity contribution in [2.75, 3.05) is 26.3 Å². The predicted octanol–water partition coefficient (Wildman–Crippen LogP) is 1.06. The van der Waals surface area contributed by atoms with E-state index in [1.165, 1.54) is 10.6 Å². The highest BCUT2D eigenvalue weighted by atomic mass is 32.2. The second kappa shape index (κ2) is 6.89. The third kappa shape index (κ3) is 2.92. The third-order valence-electron chi connectivity index (χ3n) is 5.30. The Morgan fingerprint density at radius 1 is 1.20 bits per heavy atom. The Labute approximate surface area is 176 Å². The number of pyridine rings is 1. The van der Waals surface area contributed by atoms with E-state index in [0.29, 0.717) is 48.8 Å². The van der Waals surface area contributed by atoms with Crippen LogP contribution in [0.5, 0.6) is 0 Å². The number of fused-ring (bicyclic) bond motifs is 3. The van der Waals surface area contributed by atoms with Crippen LogP contribution in [-0.2, 0) is 27.4 Å². The summed E-state index contributed by atoms with van der Waals surface area (Å²) in [6.07, 6.45) is 1.62. The first-order chi connectivity index (χ1) is 14.4. The normalized spacial score (nSPS) is 17.4. The van der Waals surface area contributed by atoms with Crippen LogP contribution in [0.15, 0.2) is 38.8 Å². The van der Waals surface area contributed by atoms with Gasteiger partial charge in [-0.05, 0) is 17.5 Å². The molecule has 0 unspecified atom stereocenters. The molecule has 11 heteroatoms. The largest absolute Gasteiger partial charge is 0.378 e. The van der Waals surface area contributed by atoms with E-state index in [-0.39, 0.29) is 27.1 Å². The van der Waals surface area contributed by atoms with Gasteiger partial charge in [-0.2, -0.15) is 5.10 Å². The van der Waals surface area contributed by atoms with Crippen LogP contribution in [0.3, 0.4) is 0 Å². The number of ether oxygens (including phenoxy) is 1. The summed E-state index contributed by atoms with van der Waals surface area (Å²) in [4.78, 5) is 26.7. The van der Waals surface area contributed by atoms with Gasteiger partial charge in [0.05, 0.1) is 30.3 Å². The topological polar surface area (TPSA) is 104 Å². The second-order valence-electron chi connectivity index (χ2n) is 7.21. The van der Waals surface area contributed by atoms with Crippen molar-refractivity contribution in [1.29, 1.82) is 0 Å². The first kappa shape index (κ1) is 19.2. The van der Waals surface area contributed by atoms with Crippen molar-refractivity contribution in [1.82, 2.24) is 19.2 Å². The van der Waals surface area contributed by atoms with Crippen LogP contribution >= 0.6 is 11.3 Å². The fourth-order valence-electron chi connectivity index (χ4n) is 3.81. The Bertz CT molecular complexity index is 1330. The minimum absolute atomic E-state index is 0.126. The van der Waals surface area contributed by atoms with Crippen LogP contribution in [0.25, 0.3) is 16.9 Å². The number of sulfone groups is 1. The number of aromatic nitrogens is 3. The monoisotopic (exact) mass is 446 g/mol. The van der Waals surface area contributed by atoms with E-state index in [1.54, 1.807) is 40.3 Å². The highest BCUT2D eigenvalue weighted by molar-refractivity contribution is 7.93. The molecule has 0 spiro atoms. The average Bonchev–Trinajstić information content (AvgIpc) is 3.35. The summed E-state index contributed by atoms with van der Waals surface area (Å²) in [6, 6.07) is 4.77. The van der Waals surface area contributed by atoms with Gasteiger partial charge in [0.15, 0.2) is 15.5 Å². The van der Waals surface area contributed by atoms with Gasteiger partial charge in [-0.15, -0.1) is 11.3 Å². The molecule has 30 heavy (non-hydrogen) atoms. The van der Waals surface area contributed by atoms with Crippen LogP contribution in [0, 0.1) is 0 Å². The quantitative estimate of drug-likeness (QED) is 0.583. The summed E-state index contributed by atoms with van der Waals surface area (Å²) in [6.45, 7) is 1.72. The molecule has 0 aliphatic carbocycles. The summed E-state index contributed by atoms with van der Waals surface area (Å²) >= 11 is 1.15. The molecule has 0 aromatic carbocycles. The molecule has 5 rings (SSSR count). The minimum atomic E-state index is -3.57. The molecule has 3 aromatic rings. The maximum absolute atomic E-state index is 13.2. The van der Waals surface area contributed by atoms with Crippen molar-refractivity contribution >= 4 is 27.1 Å². The number of carbonyl (C=O) groups excluding carboxylic acids is 1. The Kier molecular flexibility index (Phi) is 4.42. The number of hydrogen-bond acceptors (Lipinski definition) is 7. The van der Waals surface area contributed by atoms with Crippen LogP contribution < -0.4 is 5.56 Å². The lowest BCUT2D eigenvalue weighted by Crippen LogP contribution is -2.41.